The molecule has 0 radical (unpaired) electrons. The average Bonchev–Trinajstić information content (AvgIpc) is 3.14. The van der Waals surface area contributed by atoms with Gasteiger partial charge in [0.1, 0.15) is 0 Å². The van der Waals surface area contributed by atoms with Gasteiger partial charge < -0.3 is 5.32 Å². The third-order valence-corrected chi connectivity index (χ3v) is 5.24. The Balaban J connectivity index is 1.62. The van der Waals surface area contributed by atoms with Crippen molar-refractivity contribution in [1.82, 2.24) is 25.5 Å². The van der Waals surface area contributed by atoms with Gasteiger partial charge in [0, 0.05) is 5.02 Å². The van der Waals surface area contributed by atoms with Gasteiger partial charge in [0.2, 0.25) is 11.1 Å². The molecule has 0 saturated heterocycles. The van der Waals surface area contributed by atoms with Crippen LogP contribution in [-0.4, -0.2) is 31.9 Å². The highest BCUT2D eigenvalue weighted by atomic mass is 35.5. The largest absolute Gasteiger partial charge is 0.349 e. The van der Waals surface area contributed by atoms with Crippen molar-refractivity contribution < 1.29 is 4.79 Å². The van der Waals surface area contributed by atoms with Crippen LogP contribution in [0.5, 0.6) is 0 Å². The smallest absolute Gasteiger partial charge is 0.230 e. The monoisotopic (exact) mass is 401 g/mol. The van der Waals surface area contributed by atoms with E-state index >= 15 is 0 Å². The van der Waals surface area contributed by atoms with Gasteiger partial charge in [-0.2, -0.15) is 4.68 Å². The summed E-state index contributed by atoms with van der Waals surface area (Å²) in [4.78, 5) is 12.4. The van der Waals surface area contributed by atoms with Crippen LogP contribution >= 0.6 is 23.4 Å². The lowest BCUT2D eigenvalue weighted by Gasteiger charge is -2.17. The molecule has 0 aliphatic rings. The number of carbonyl (C=O) groups excluding carboxylic acids is 1. The number of rotatable bonds is 7. The number of thioether (sulfide) groups is 1. The summed E-state index contributed by atoms with van der Waals surface area (Å²) in [6.07, 6.45) is 0.821. The van der Waals surface area contributed by atoms with Crippen LogP contribution in [0, 0.1) is 6.92 Å². The highest BCUT2D eigenvalue weighted by Crippen LogP contribution is 2.21. The summed E-state index contributed by atoms with van der Waals surface area (Å²) in [7, 11) is 0. The molecule has 0 saturated carbocycles. The molecule has 1 N–H and O–H groups in total. The number of aromatic nitrogens is 4. The van der Waals surface area contributed by atoms with Gasteiger partial charge in [-0.25, -0.2) is 0 Å². The Labute approximate surface area is 167 Å². The third-order valence-electron chi connectivity index (χ3n) is 4.07. The van der Waals surface area contributed by atoms with E-state index in [4.69, 9.17) is 11.6 Å². The van der Waals surface area contributed by atoms with Crippen LogP contribution in [0.1, 0.15) is 30.5 Å². The molecule has 8 heteroatoms. The summed E-state index contributed by atoms with van der Waals surface area (Å²) in [6, 6.07) is 15.4. The number of amides is 1. The zero-order valence-corrected chi connectivity index (χ0v) is 16.7. The molecule has 0 unspecified atom stereocenters. The quantitative estimate of drug-likeness (QED) is 0.606. The lowest BCUT2D eigenvalue weighted by molar-refractivity contribution is -0.119. The van der Waals surface area contributed by atoms with Crippen LogP contribution in [0.2, 0.25) is 5.02 Å². The summed E-state index contributed by atoms with van der Waals surface area (Å²) in [6.45, 7) is 4.10. The van der Waals surface area contributed by atoms with E-state index in [1.165, 1.54) is 17.3 Å². The number of hydrogen-bond donors (Lipinski definition) is 1. The highest BCUT2D eigenvalue weighted by Gasteiger charge is 2.15. The van der Waals surface area contributed by atoms with Crippen molar-refractivity contribution >= 4 is 29.3 Å². The number of benzene rings is 2. The molecule has 1 atom stereocenters. The van der Waals surface area contributed by atoms with Gasteiger partial charge in [0.15, 0.2) is 0 Å². The maximum absolute atomic E-state index is 12.4. The van der Waals surface area contributed by atoms with Gasteiger partial charge in [-0.3, -0.25) is 4.79 Å². The van der Waals surface area contributed by atoms with E-state index in [-0.39, 0.29) is 17.7 Å². The number of carbonyl (C=O) groups is 1. The maximum atomic E-state index is 12.4. The Morgan fingerprint density at radius 2 is 1.89 bits per heavy atom. The van der Waals surface area contributed by atoms with Gasteiger partial charge in [0.25, 0.3) is 0 Å². The van der Waals surface area contributed by atoms with Crippen LogP contribution < -0.4 is 5.32 Å². The summed E-state index contributed by atoms with van der Waals surface area (Å²) < 4.78 is 1.59. The van der Waals surface area contributed by atoms with Gasteiger partial charge in [-0.05, 0) is 53.6 Å². The van der Waals surface area contributed by atoms with Crippen molar-refractivity contribution in [2.75, 3.05) is 5.75 Å². The SMILES string of the molecule is CC[C@@H](NC(=O)CSc1nnnn1-c1ccc(Cl)cc1)c1ccc(C)cc1. The predicted molar refractivity (Wildman–Crippen MR) is 107 cm³/mol. The molecule has 1 amide bonds. The van der Waals surface area contributed by atoms with E-state index in [2.05, 4.69) is 52.0 Å². The first-order valence-electron chi connectivity index (χ1n) is 8.60. The second-order valence-corrected chi connectivity index (χ2v) is 7.46. The second kappa shape index (κ2) is 9.01. The lowest BCUT2D eigenvalue weighted by atomic mass is 10.0. The first kappa shape index (κ1) is 19.4. The molecule has 0 fully saturated rings. The fourth-order valence-corrected chi connectivity index (χ4v) is 3.43. The fraction of sp³-hybridized carbons (Fsp3) is 0.263. The van der Waals surface area contributed by atoms with Crippen molar-refractivity contribution in [3.63, 3.8) is 0 Å². The molecule has 1 heterocycles. The Kier molecular flexibility index (Phi) is 6.47. The van der Waals surface area contributed by atoms with Crippen molar-refractivity contribution in [2.45, 2.75) is 31.5 Å². The second-order valence-electron chi connectivity index (χ2n) is 6.08. The summed E-state index contributed by atoms with van der Waals surface area (Å²) >= 11 is 7.21. The van der Waals surface area contributed by atoms with Gasteiger partial charge in [0.05, 0.1) is 17.5 Å². The number of nitrogens with zero attached hydrogens (tertiary/aromatic N) is 4. The number of nitrogens with one attached hydrogen (secondary N) is 1. The van der Waals surface area contributed by atoms with Crippen LogP contribution in [0.15, 0.2) is 53.7 Å². The van der Waals surface area contributed by atoms with Crippen LogP contribution in [0.25, 0.3) is 5.69 Å². The van der Waals surface area contributed by atoms with Crippen LogP contribution in [0.3, 0.4) is 0 Å². The lowest BCUT2D eigenvalue weighted by Crippen LogP contribution is -2.29. The first-order valence-corrected chi connectivity index (χ1v) is 9.96. The molecule has 0 spiro atoms. The van der Waals surface area contributed by atoms with Crippen molar-refractivity contribution in [1.29, 1.82) is 0 Å². The average molecular weight is 402 g/mol. The van der Waals surface area contributed by atoms with E-state index in [9.17, 15) is 4.79 Å². The number of tetrazole rings is 1. The summed E-state index contributed by atoms with van der Waals surface area (Å²) in [5, 5.41) is 16.0. The van der Waals surface area contributed by atoms with Crippen molar-refractivity contribution in [3.05, 3.63) is 64.7 Å². The zero-order chi connectivity index (χ0) is 19.2. The molecule has 0 bridgehead atoms. The highest BCUT2D eigenvalue weighted by molar-refractivity contribution is 7.99. The minimum absolute atomic E-state index is 0.00837. The standard InChI is InChI=1S/C19H20ClN5OS/c1-3-17(14-6-4-13(2)5-7-14)21-18(26)12-27-19-22-23-24-25(19)16-10-8-15(20)9-11-16/h4-11,17H,3,12H2,1-2H3,(H,21,26)/t17-/m1/s1. The summed E-state index contributed by atoms with van der Waals surface area (Å²) in [5.74, 6) is 0.175. The maximum Gasteiger partial charge on any atom is 0.230 e. The number of aryl methyl sites for hydroxylation is 1. The van der Waals surface area contributed by atoms with Gasteiger partial charge >= 0.3 is 0 Å². The van der Waals surface area contributed by atoms with E-state index in [1.54, 1.807) is 16.8 Å². The minimum Gasteiger partial charge on any atom is -0.349 e. The van der Waals surface area contributed by atoms with E-state index in [0.717, 1.165) is 17.7 Å². The van der Waals surface area contributed by atoms with Gasteiger partial charge in [-0.1, -0.05) is 60.1 Å². The van der Waals surface area contributed by atoms with E-state index in [1.807, 2.05) is 19.1 Å². The van der Waals surface area contributed by atoms with Crippen molar-refractivity contribution in [2.24, 2.45) is 0 Å². The molecule has 3 aromatic rings. The van der Waals surface area contributed by atoms with Crippen LogP contribution in [-0.2, 0) is 4.79 Å². The fourth-order valence-electron chi connectivity index (χ4n) is 2.60. The Morgan fingerprint density at radius 1 is 1.19 bits per heavy atom. The van der Waals surface area contributed by atoms with E-state index < -0.39 is 0 Å². The van der Waals surface area contributed by atoms with Crippen molar-refractivity contribution in [3.8, 4) is 5.69 Å². The molecule has 3 rings (SSSR count). The number of halogens is 1. The molecular weight excluding hydrogens is 382 g/mol. The molecular formula is C19H20ClN5OS. The Hall–Kier alpha value is -2.38. The molecule has 27 heavy (non-hydrogen) atoms. The molecule has 1 aromatic heterocycles. The Bertz CT molecular complexity index is 895. The molecule has 2 aromatic carbocycles. The molecule has 6 nitrogen and oxygen atoms in total. The Morgan fingerprint density at radius 3 is 2.56 bits per heavy atom. The van der Waals surface area contributed by atoms with E-state index in [0.29, 0.717) is 10.2 Å². The minimum atomic E-state index is -0.0573. The summed E-state index contributed by atoms with van der Waals surface area (Å²) in [5.41, 5.74) is 3.09. The first-order chi connectivity index (χ1) is 13.1. The predicted octanol–water partition coefficient (Wildman–Crippen LogP) is 3.98. The van der Waals surface area contributed by atoms with Crippen LogP contribution in [0.4, 0.5) is 0 Å². The zero-order valence-electron chi connectivity index (χ0n) is 15.1. The van der Waals surface area contributed by atoms with Gasteiger partial charge in [-0.15, -0.1) is 5.10 Å². The topological polar surface area (TPSA) is 72.7 Å². The number of hydrogen-bond acceptors (Lipinski definition) is 5. The molecule has 0 aliphatic heterocycles. The molecule has 140 valence electrons. The third kappa shape index (κ3) is 5.08. The normalized spacial score (nSPS) is 12.0. The molecule has 0 aliphatic carbocycles.